The average Bonchev–Trinajstić information content (AvgIpc) is 3.00. The third-order valence-corrected chi connectivity index (χ3v) is 6.45. The lowest BCUT2D eigenvalue weighted by Crippen LogP contribution is -2.56. The summed E-state index contributed by atoms with van der Waals surface area (Å²) in [6.45, 7) is 5.24. The first-order valence-corrected chi connectivity index (χ1v) is 14.1. The highest BCUT2D eigenvalue weighted by molar-refractivity contribution is 6.42. The molecule has 226 valence electrons. The van der Waals surface area contributed by atoms with Crippen LogP contribution in [0.15, 0.2) is 91.0 Å². The van der Waals surface area contributed by atoms with Crippen LogP contribution in [0.25, 0.3) is 0 Å². The Kier molecular flexibility index (Phi) is 12.4. The van der Waals surface area contributed by atoms with Crippen LogP contribution >= 0.6 is 0 Å². The molecular formula is C33H38N4O6. The van der Waals surface area contributed by atoms with Gasteiger partial charge in [0.05, 0.1) is 6.04 Å². The minimum Gasteiger partial charge on any atom is -0.445 e. The quantitative estimate of drug-likeness (QED) is 0.212. The van der Waals surface area contributed by atoms with Gasteiger partial charge >= 0.3 is 6.09 Å². The van der Waals surface area contributed by atoms with E-state index in [4.69, 9.17) is 4.74 Å². The molecule has 0 fully saturated rings. The lowest BCUT2D eigenvalue weighted by atomic mass is 9.98. The van der Waals surface area contributed by atoms with Gasteiger partial charge in [0.2, 0.25) is 17.6 Å². The Labute approximate surface area is 251 Å². The molecule has 4 N–H and O–H groups in total. The molecule has 10 heteroatoms. The van der Waals surface area contributed by atoms with Gasteiger partial charge in [-0.2, -0.15) is 0 Å². The monoisotopic (exact) mass is 586 g/mol. The van der Waals surface area contributed by atoms with Gasteiger partial charge in [-0.15, -0.1) is 0 Å². The smallest absolute Gasteiger partial charge is 0.408 e. The fourth-order valence-corrected chi connectivity index (χ4v) is 4.21. The molecule has 0 aliphatic rings. The lowest BCUT2D eigenvalue weighted by Gasteiger charge is -2.25. The van der Waals surface area contributed by atoms with Crippen LogP contribution in [0.5, 0.6) is 0 Å². The van der Waals surface area contributed by atoms with Gasteiger partial charge in [0.1, 0.15) is 18.7 Å². The van der Waals surface area contributed by atoms with E-state index in [9.17, 15) is 24.0 Å². The highest BCUT2D eigenvalue weighted by Gasteiger charge is 2.32. The van der Waals surface area contributed by atoms with E-state index in [1.54, 1.807) is 66.7 Å². The number of para-hydroxylation sites is 1. The van der Waals surface area contributed by atoms with E-state index in [-0.39, 0.29) is 25.4 Å². The van der Waals surface area contributed by atoms with Crippen LogP contribution in [-0.2, 0) is 36.9 Å². The fourth-order valence-electron chi connectivity index (χ4n) is 4.21. The minimum absolute atomic E-state index is 0.0212. The van der Waals surface area contributed by atoms with Crippen molar-refractivity contribution in [3.05, 3.63) is 102 Å². The van der Waals surface area contributed by atoms with Gasteiger partial charge < -0.3 is 26.0 Å². The van der Waals surface area contributed by atoms with Crippen LogP contribution in [0, 0.1) is 5.92 Å². The van der Waals surface area contributed by atoms with E-state index >= 15 is 0 Å². The van der Waals surface area contributed by atoms with E-state index in [1.807, 2.05) is 38.1 Å². The first-order chi connectivity index (χ1) is 20.6. The van der Waals surface area contributed by atoms with Gasteiger partial charge in [-0.25, -0.2) is 4.79 Å². The Bertz CT molecular complexity index is 1370. The van der Waals surface area contributed by atoms with Crippen LogP contribution in [0.4, 0.5) is 10.5 Å². The fraction of sp³-hybridized carbons (Fsp3) is 0.303. The van der Waals surface area contributed by atoms with Crippen LogP contribution in [-0.4, -0.2) is 47.7 Å². The molecule has 3 aromatic carbocycles. The number of benzene rings is 3. The van der Waals surface area contributed by atoms with Crippen molar-refractivity contribution in [2.45, 2.75) is 58.3 Å². The zero-order valence-electron chi connectivity index (χ0n) is 24.5. The van der Waals surface area contributed by atoms with Gasteiger partial charge in [0.15, 0.2) is 0 Å². The van der Waals surface area contributed by atoms with Crippen LogP contribution in [0.1, 0.15) is 38.3 Å². The van der Waals surface area contributed by atoms with E-state index in [0.29, 0.717) is 5.69 Å². The first-order valence-electron chi connectivity index (χ1n) is 14.1. The molecule has 0 saturated heterocycles. The maximum absolute atomic E-state index is 13.5. The predicted octanol–water partition coefficient (Wildman–Crippen LogP) is 3.77. The summed E-state index contributed by atoms with van der Waals surface area (Å²) in [6, 6.07) is 23.4. The summed E-state index contributed by atoms with van der Waals surface area (Å²) >= 11 is 0. The highest BCUT2D eigenvalue weighted by Crippen LogP contribution is 2.11. The number of carbonyl (C=O) groups excluding carboxylic acids is 5. The molecule has 0 saturated carbocycles. The van der Waals surface area contributed by atoms with E-state index in [1.165, 1.54) is 6.92 Å². The molecule has 0 heterocycles. The molecule has 43 heavy (non-hydrogen) atoms. The number of rotatable bonds is 14. The van der Waals surface area contributed by atoms with E-state index in [2.05, 4.69) is 21.3 Å². The topological polar surface area (TPSA) is 143 Å². The van der Waals surface area contributed by atoms with Crippen molar-refractivity contribution < 1.29 is 28.7 Å². The zero-order valence-corrected chi connectivity index (χ0v) is 24.5. The molecular weight excluding hydrogens is 548 g/mol. The second-order valence-corrected chi connectivity index (χ2v) is 10.6. The summed E-state index contributed by atoms with van der Waals surface area (Å²) < 4.78 is 5.19. The van der Waals surface area contributed by atoms with Gasteiger partial charge in [-0.05, 0) is 42.5 Å². The Morgan fingerprint density at radius 1 is 0.651 bits per heavy atom. The van der Waals surface area contributed by atoms with Crippen molar-refractivity contribution in [1.29, 1.82) is 0 Å². The number of hydrogen-bond acceptors (Lipinski definition) is 6. The van der Waals surface area contributed by atoms with E-state index in [0.717, 1.165) is 11.1 Å². The largest absolute Gasteiger partial charge is 0.445 e. The molecule has 0 radical (unpaired) electrons. The molecule has 10 nitrogen and oxygen atoms in total. The number of amides is 4. The third kappa shape index (κ3) is 11.1. The molecule has 0 aliphatic carbocycles. The van der Waals surface area contributed by atoms with Crippen LogP contribution in [0.3, 0.4) is 0 Å². The van der Waals surface area contributed by atoms with Crippen molar-refractivity contribution in [3.8, 4) is 0 Å². The number of nitrogens with one attached hydrogen (secondary N) is 4. The normalized spacial score (nSPS) is 12.7. The van der Waals surface area contributed by atoms with Crippen molar-refractivity contribution >= 4 is 35.3 Å². The Morgan fingerprint density at radius 2 is 1.19 bits per heavy atom. The maximum atomic E-state index is 13.5. The maximum Gasteiger partial charge on any atom is 0.408 e. The number of alkyl carbamates (subject to hydrolysis) is 1. The molecule has 4 amide bonds. The molecule has 0 spiro atoms. The summed E-state index contributed by atoms with van der Waals surface area (Å²) in [5.74, 6) is -2.93. The Balaban J connectivity index is 1.68. The molecule has 0 aliphatic heterocycles. The number of carbonyl (C=O) groups is 5. The zero-order chi connectivity index (χ0) is 31.2. The van der Waals surface area contributed by atoms with Gasteiger partial charge in [-0.1, -0.05) is 92.7 Å². The van der Waals surface area contributed by atoms with Crippen LogP contribution in [0.2, 0.25) is 0 Å². The molecule has 3 atom stereocenters. The lowest BCUT2D eigenvalue weighted by molar-refractivity contribution is -0.138. The summed E-state index contributed by atoms with van der Waals surface area (Å²) in [5, 5.41) is 10.4. The molecule has 3 aromatic rings. The second-order valence-electron chi connectivity index (χ2n) is 10.6. The number of ether oxygens (including phenoxy) is 1. The van der Waals surface area contributed by atoms with Crippen molar-refractivity contribution in [1.82, 2.24) is 16.0 Å². The van der Waals surface area contributed by atoms with Gasteiger partial charge in [-0.3, -0.25) is 19.2 Å². The summed E-state index contributed by atoms with van der Waals surface area (Å²) in [6.07, 6.45) is -0.463. The minimum atomic E-state index is -1.12. The summed E-state index contributed by atoms with van der Waals surface area (Å²) in [5.41, 5.74) is 2.00. The number of hydrogen-bond donors (Lipinski definition) is 4. The van der Waals surface area contributed by atoms with Crippen molar-refractivity contribution in [2.24, 2.45) is 5.92 Å². The SMILES string of the molecule is CC(C)C[C@H](NC(=O)[C@H](Cc1ccccc1)NC(=O)[C@H](C)NC(=O)OCc1ccccc1)C(=O)C(=O)Nc1ccccc1. The third-order valence-electron chi connectivity index (χ3n) is 6.45. The number of Topliss-reactive ketones (excluding diaryl/α,β-unsaturated/α-hetero) is 1. The van der Waals surface area contributed by atoms with Crippen molar-refractivity contribution in [3.63, 3.8) is 0 Å². The standard InChI is InChI=1S/C33H38N4O6/c1-22(2)19-27(29(38)32(41)35-26-17-11-6-12-18-26)36-31(40)28(20-24-13-7-4-8-14-24)37-30(39)23(3)34-33(42)43-21-25-15-9-5-10-16-25/h4-18,22-23,27-28H,19-21H2,1-3H3,(H,34,42)(H,35,41)(H,36,40)(H,37,39)/t23-,27-,28-/m0/s1. The molecule has 0 aromatic heterocycles. The van der Waals surface area contributed by atoms with Crippen LogP contribution < -0.4 is 21.3 Å². The van der Waals surface area contributed by atoms with Gasteiger partial charge in [0.25, 0.3) is 5.91 Å². The summed E-state index contributed by atoms with van der Waals surface area (Å²) in [4.78, 5) is 64.8. The summed E-state index contributed by atoms with van der Waals surface area (Å²) in [7, 11) is 0. The van der Waals surface area contributed by atoms with E-state index < -0.39 is 47.7 Å². The number of ketones is 1. The average molecular weight is 587 g/mol. The Hall–Kier alpha value is -4.99. The second kappa shape index (κ2) is 16.5. The van der Waals surface area contributed by atoms with Gasteiger partial charge in [0, 0.05) is 12.1 Å². The molecule has 3 rings (SSSR count). The Morgan fingerprint density at radius 3 is 1.77 bits per heavy atom. The first kappa shape index (κ1) is 32.5. The molecule has 0 bridgehead atoms. The molecule has 0 unspecified atom stereocenters. The predicted molar refractivity (Wildman–Crippen MR) is 163 cm³/mol. The van der Waals surface area contributed by atoms with Crippen molar-refractivity contribution in [2.75, 3.05) is 5.32 Å². The number of anilines is 1. The highest BCUT2D eigenvalue weighted by atomic mass is 16.5.